The highest BCUT2D eigenvalue weighted by molar-refractivity contribution is 7.98. The van der Waals surface area contributed by atoms with E-state index in [0.29, 0.717) is 6.42 Å². The lowest BCUT2D eigenvalue weighted by Crippen LogP contribution is -2.58. The molecule has 0 aromatic heterocycles. The van der Waals surface area contributed by atoms with E-state index >= 15 is 0 Å². The zero-order valence-electron chi connectivity index (χ0n) is 10.2. The fourth-order valence-electron chi connectivity index (χ4n) is 2.22. The third-order valence-corrected chi connectivity index (χ3v) is 3.83. The largest absolute Gasteiger partial charge is 0.409 e. The third kappa shape index (κ3) is 3.80. The first-order chi connectivity index (χ1) is 8.14. The molecule has 0 atom stereocenters. The van der Waals surface area contributed by atoms with Crippen LogP contribution in [0.5, 0.6) is 0 Å². The molecule has 0 aromatic carbocycles. The molecule has 98 valence electrons. The number of nitrogens with zero attached hydrogens (tertiary/aromatic N) is 1. The molecule has 1 saturated carbocycles. The summed E-state index contributed by atoms with van der Waals surface area (Å²) < 4.78 is 0. The van der Waals surface area contributed by atoms with Crippen LogP contribution in [0.15, 0.2) is 5.16 Å². The van der Waals surface area contributed by atoms with Gasteiger partial charge in [-0.15, -0.1) is 0 Å². The molecule has 4 N–H and O–H groups in total. The molecule has 1 amide bonds. The number of hydrogen-bond donors (Lipinski definition) is 3. The summed E-state index contributed by atoms with van der Waals surface area (Å²) >= 11 is 1.63. The average Bonchev–Trinajstić information content (AvgIpc) is 2.36. The van der Waals surface area contributed by atoms with Crippen molar-refractivity contribution in [2.75, 3.05) is 12.0 Å². The van der Waals surface area contributed by atoms with Crippen molar-refractivity contribution >= 4 is 23.5 Å². The van der Waals surface area contributed by atoms with E-state index in [1.807, 2.05) is 6.26 Å². The molecular weight excluding hydrogens is 238 g/mol. The van der Waals surface area contributed by atoms with Gasteiger partial charge in [0.2, 0.25) is 5.91 Å². The third-order valence-electron chi connectivity index (χ3n) is 3.22. The lowest BCUT2D eigenvalue weighted by molar-refractivity contribution is -0.122. The molecule has 6 heteroatoms. The maximum Gasteiger partial charge on any atom is 0.221 e. The van der Waals surface area contributed by atoms with Crippen LogP contribution in [0.25, 0.3) is 0 Å². The summed E-state index contributed by atoms with van der Waals surface area (Å²) in [7, 11) is 0. The van der Waals surface area contributed by atoms with Gasteiger partial charge in [0.25, 0.3) is 0 Å². The van der Waals surface area contributed by atoms with Gasteiger partial charge in [0.15, 0.2) is 5.84 Å². The van der Waals surface area contributed by atoms with Crippen LogP contribution >= 0.6 is 11.8 Å². The van der Waals surface area contributed by atoms with E-state index < -0.39 is 5.54 Å². The van der Waals surface area contributed by atoms with Gasteiger partial charge in [0.05, 0.1) is 0 Å². The van der Waals surface area contributed by atoms with Crippen LogP contribution in [0.3, 0.4) is 0 Å². The Morgan fingerprint density at radius 2 is 2.12 bits per heavy atom. The molecule has 0 heterocycles. The molecule has 17 heavy (non-hydrogen) atoms. The molecule has 5 nitrogen and oxygen atoms in total. The average molecular weight is 259 g/mol. The lowest BCUT2D eigenvalue weighted by Gasteiger charge is -2.36. The highest BCUT2D eigenvalue weighted by atomic mass is 32.2. The second-order valence-electron chi connectivity index (χ2n) is 4.42. The summed E-state index contributed by atoms with van der Waals surface area (Å²) in [5, 5.41) is 14.9. The monoisotopic (exact) mass is 259 g/mol. The van der Waals surface area contributed by atoms with E-state index in [4.69, 9.17) is 10.9 Å². The number of nitrogens with one attached hydrogen (secondary N) is 1. The summed E-state index contributed by atoms with van der Waals surface area (Å²) in [5.74, 6) is 0.903. The van der Waals surface area contributed by atoms with E-state index in [9.17, 15) is 4.79 Å². The molecule has 1 rings (SSSR count). The van der Waals surface area contributed by atoms with Gasteiger partial charge in [-0.3, -0.25) is 4.79 Å². The maximum absolute atomic E-state index is 11.8. The van der Waals surface area contributed by atoms with Crippen LogP contribution in [0.2, 0.25) is 0 Å². The predicted molar refractivity (Wildman–Crippen MR) is 70.4 cm³/mol. The van der Waals surface area contributed by atoms with Gasteiger partial charge in [-0.25, -0.2) is 0 Å². The minimum atomic E-state index is -0.623. The number of oxime groups is 1. The van der Waals surface area contributed by atoms with E-state index in [2.05, 4.69) is 10.5 Å². The van der Waals surface area contributed by atoms with Crippen LogP contribution in [0, 0.1) is 0 Å². The Kier molecular flexibility index (Phi) is 5.61. The molecule has 1 aliphatic rings. The van der Waals surface area contributed by atoms with Gasteiger partial charge in [-0.05, 0) is 19.1 Å². The predicted octanol–water partition coefficient (Wildman–Crippen LogP) is 1.30. The number of amidine groups is 1. The van der Waals surface area contributed by atoms with Crippen LogP contribution < -0.4 is 11.1 Å². The SMILES string of the molecule is CSCCC(=O)NC1(C(N)=NO)CCCCC1. The minimum Gasteiger partial charge on any atom is -0.409 e. The summed E-state index contributed by atoms with van der Waals surface area (Å²) in [6.45, 7) is 0. The fraction of sp³-hybridized carbons (Fsp3) is 0.818. The Bertz CT molecular complexity index is 288. The molecule has 1 aliphatic carbocycles. The number of carbonyl (C=O) groups excluding carboxylic acids is 1. The highest BCUT2D eigenvalue weighted by Gasteiger charge is 2.37. The van der Waals surface area contributed by atoms with Crippen LogP contribution in [-0.4, -0.2) is 34.5 Å². The molecule has 0 bridgehead atoms. The second kappa shape index (κ2) is 6.74. The first kappa shape index (κ1) is 14.2. The van der Waals surface area contributed by atoms with Crippen molar-refractivity contribution in [3.8, 4) is 0 Å². The number of nitrogens with two attached hydrogens (primary N) is 1. The molecule has 0 aromatic rings. The number of hydrogen-bond acceptors (Lipinski definition) is 4. The summed E-state index contributed by atoms with van der Waals surface area (Å²) in [4.78, 5) is 11.8. The molecule has 0 aliphatic heterocycles. The number of carbonyl (C=O) groups is 1. The second-order valence-corrected chi connectivity index (χ2v) is 5.40. The lowest BCUT2D eigenvalue weighted by atomic mass is 9.80. The minimum absolute atomic E-state index is 0.0205. The summed E-state index contributed by atoms with van der Waals surface area (Å²) in [6, 6.07) is 0. The van der Waals surface area contributed by atoms with Crippen LogP contribution in [0.4, 0.5) is 0 Å². The Labute approximate surface area is 106 Å². The van der Waals surface area contributed by atoms with Crippen molar-refractivity contribution < 1.29 is 10.0 Å². The normalized spacial score (nSPS) is 19.9. The Morgan fingerprint density at radius 3 is 2.65 bits per heavy atom. The number of rotatable bonds is 5. The van der Waals surface area contributed by atoms with Gasteiger partial charge in [0, 0.05) is 12.2 Å². The van der Waals surface area contributed by atoms with E-state index in [-0.39, 0.29) is 11.7 Å². The van der Waals surface area contributed by atoms with Crippen molar-refractivity contribution in [1.82, 2.24) is 5.32 Å². The number of amides is 1. The smallest absolute Gasteiger partial charge is 0.221 e. The van der Waals surface area contributed by atoms with E-state index in [0.717, 1.165) is 37.9 Å². The Morgan fingerprint density at radius 1 is 1.47 bits per heavy atom. The molecule has 0 radical (unpaired) electrons. The quantitative estimate of drug-likeness (QED) is 0.300. The van der Waals surface area contributed by atoms with Gasteiger partial charge in [-0.2, -0.15) is 11.8 Å². The zero-order chi connectivity index (χ0) is 12.7. The fourth-order valence-corrected chi connectivity index (χ4v) is 2.61. The molecule has 1 fully saturated rings. The molecule has 0 spiro atoms. The summed E-state index contributed by atoms with van der Waals surface area (Å²) in [5.41, 5.74) is 5.12. The molecular formula is C11H21N3O2S. The van der Waals surface area contributed by atoms with Crippen molar-refractivity contribution in [3.05, 3.63) is 0 Å². The van der Waals surface area contributed by atoms with Gasteiger partial charge in [0.1, 0.15) is 5.54 Å². The van der Waals surface area contributed by atoms with Gasteiger partial charge in [-0.1, -0.05) is 24.4 Å². The zero-order valence-corrected chi connectivity index (χ0v) is 11.1. The van der Waals surface area contributed by atoms with Gasteiger partial charge >= 0.3 is 0 Å². The summed E-state index contributed by atoms with van der Waals surface area (Å²) in [6.07, 6.45) is 7.09. The van der Waals surface area contributed by atoms with E-state index in [1.54, 1.807) is 11.8 Å². The topological polar surface area (TPSA) is 87.7 Å². The standard InChI is InChI=1S/C11H21N3O2S/c1-17-8-5-9(15)13-11(10(12)14-16)6-3-2-4-7-11/h16H,2-8H2,1H3,(H2,12,14)(H,13,15). The van der Waals surface area contributed by atoms with Crippen molar-refractivity contribution in [2.45, 2.75) is 44.1 Å². The van der Waals surface area contributed by atoms with Gasteiger partial charge < -0.3 is 16.3 Å². The highest BCUT2D eigenvalue weighted by Crippen LogP contribution is 2.28. The molecule has 0 unspecified atom stereocenters. The van der Waals surface area contributed by atoms with Crippen LogP contribution in [-0.2, 0) is 4.79 Å². The van der Waals surface area contributed by atoms with Crippen molar-refractivity contribution in [3.63, 3.8) is 0 Å². The first-order valence-corrected chi connectivity index (χ1v) is 7.32. The first-order valence-electron chi connectivity index (χ1n) is 5.92. The van der Waals surface area contributed by atoms with E-state index in [1.165, 1.54) is 0 Å². The van der Waals surface area contributed by atoms with Crippen LogP contribution in [0.1, 0.15) is 38.5 Å². The van der Waals surface area contributed by atoms with Crippen molar-refractivity contribution in [1.29, 1.82) is 0 Å². The van der Waals surface area contributed by atoms with Crippen molar-refractivity contribution in [2.24, 2.45) is 10.9 Å². The Balaban J connectivity index is 2.67. The molecule has 0 saturated heterocycles. The number of thioether (sulfide) groups is 1. The maximum atomic E-state index is 11.8. The Hall–Kier alpha value is -0.910.